The van der Waals surface area contributed by atoms with Gasteiger partial charge >= 0.3 is 0 Å². The second kappa shape index (κ2) is 10.3. The van der Waals surface area contributed by atoms with E-state index in [1.54, 1.807) is 19.1 Å². The second-order valence-corrected chi connectivity index (χ2v) is 10.1. The molecule has 2 aromatic heterocycles. The van der Waals surface area contributed by atoms with E-state index < -0.39 is 21.8 Å². The summed E-state index contributed by atoms with van der Waals surface area (Å²) in [5, 5.41) is 11.9. The van der Waals surface area contributed by atoms with Gasteiger partial charge in [0.1, 0.15) is 35.2 Å². The Morgan fingerprint density at radius 3 is 2.67 bits per heavy atom. The largest absolute Gasteiger partial charge is 0.488 e. The van der Waals surface area contributed by atoms with Crippen LogP contribution in [0.3, 0.4) is 0 Å². The summed E-state index contributed by atoms with van der Waals surface area (Å²) in [4.78, 5) is 28.2. The molecule has 0 bridgehead atoms. The number of nitrogens with zero attached hydrogens (tertiary/aromatic N) is 3. The molecule has 2 atom stereocenters. The molecule has 1 amide bonds. The van der Waals surface area contributed by atoms with Gasteiger partial charge in [-0.25, -0.2) is 23.4 Å². The number of aliphatic hydroxyl groups excluding tert-OH is 1. The molecule has 0 fully saturated rings. The lowest BCUT2D eigenvalue weighted by Crippen LogP contribution is -2.17. The topological polar surface area (TPSA) is 165 Å². The number of carbonyl (C=O) groups is 1. The molecule has 1 aromatic carbocycles. The summed E-state index contributed by atoms with van der Waals surface area (Å²) in [5.41, 5.74) is 0.844. The summed E-state index contributed by atoms with van der Waals surface area (Å²) in [6, 6.07) is 7.92. The van der Waals surface area contributed by atoms with Crippen LogP contribution in [-0.2, 0) is 14.6 Å². The van der Waals surface area contributed by atoms with Crippen molar-refractivity contribution >= 4 is 27.5 Å². The Morgan fingerprint density at radius 1 is 1.25 bits per heavy atom. The number of aliphatic hydroxyl groups is 1. The molecule has 12 nitrogen and oxygen atoms in total. The van der Waals surface area contributed by atoms with Crippen LogP contribution in [-0.4, -0.2) is 71.9 Å². The molecule has 3 N–H and O–H groups in total. The molecule has 3 heterocycles. The van der Waals surface area contributed by atoms with Gasteiger partial charge in [-0.2, -0.15) is 0 Å². The Balaban J connectivity index is 1.55. The predicted molar refractivity (Wildman–Crippen MR) is 130 cm³/mol. The predicted octanol–water partition coefficient (Wildman–Crippen LogP) is 2.18. The van der Waals surface area contributed by atoms with Crippen molar-refractivity contribution in [3.05, 3.63) is 54.0 Å². The lowest BCUT2D eigenvalue weighted by molar-refractivity contribution is 0.102. The van der Waals surface area contributed by atoms with Gasteiger partial charge in [0.05, 0.1) is 25.5 Å². The summed E-state index contributed by atoms with van der Waals surface area (Å²) in [6.07, 6.45) is 2.72. The highest BCUT2D eigenvalue weighted by Crippen LogP contribution is 2.28. The maximum atomic E-state index is 13.0. The number of amides is 1. The van der Waals surface area contributed by atoms with Crippen LogP contribution in [0.5, 0.6) is 17.4 Å². The number of benzene rings is 1. The van der Waals surface area contributed by atoms with E-state index in [9.17, 15) is 18.3 Å². The average Bonchev–Trinajstić information content (AvgIpc) is 3.47. The number of hydrogen-bond acceptors (Lipinski definition) is 10. The molecule has 0 saturated heterocycles. The minimum absolute atomic E-state index is 0.00363. The number of sulfone groups is 1. The molecule has 4 rings (SSSR count). The molecule has 190 valence electrons. The second-order valence-electron chi connectivity index (χ2n) is 8.19. The first-order valence-corrected chi connectivity index (χ1v) is 12.8. The van der Waals surface area contributed by atoms with Gasteiger partial charge < -0.3 is 29.6 Å². The van der Waals surface area contributed by atoms with Crippen LogP contribution in [0.2, 0.25) is 0 Å². The van der Waals surface area contributed by atoms with E-state index in [2.05, 4.69) is 25.3 Å². The Labute approximate surface area is 207 Å². The Bertz CT molecular complexity index is 1390. The molecule has 0 aliphatic carbocycles. The summed E-state index contributed by atoms with van der Waals surface area (Å²) in [6.45, 7) is 3.91. The van der Waals surface area contributed by atoms with Crippen LogP contribution >= 0.6 is 0 Å². The fraction of sp³-hybridized carbons (Fsp3) is 0.304. The summed E-state index contributed by atoms with van der Waals surface area (Å²) in [5.74, 6) is 0.933. The zero-order valence-corrected chi connectivity index (χ0v) is 20.6. The molecule has 0 unspecified atom stereocenters. The molecule has 3 aromatic rings. The van der Waals surface area contributed by atoms with Gasteiger partial charge in [-0.1, -0.05) is 0 Å². The minimum atomic E-state index is -3.51. The van der Waals surface area contributed by atoms with Gasteiger partial charge in [-0.3, -0.25) is 4.79 Å². The van der Waals surface area contributed by atoms with E-state index in [0.717, 1.165) is 18.6 Å². The number of hydrogen-bond donors (Lipinski definition) is 3. The standard InChI is InChI=1S/C23H25N5O7S/c1-13-9-26-23(34-13)18-4-5-19(27-18)28-22(30)15-6-16(33-14(2)12-29)8-17(7-15)35-20-10-25-21(11-24-20)36(3,31)32/h4-8,10-11,13-14,27,29H,9,12H2,1-3H3,(H,28,30)/t13-,14-/m0/s1. The lowest BCUT2D eigenvalue weighted by Gasteiger charge is -2.15. The van der Waals surface area contributed by atoms with Gasteiger partial charge in [-0.05, 0) is 38.1 Å². The van der Waals surface area contributed by atoms with Crippen LogP contribution in [0.25, 0.3) is 0 Å². The first-order valence-electron chi connectivity index (χ1n) is 10.9. The van der Waals surface area contributed by atoms with E-state index in [-0.39, 0.29) is 40.7 Å². The van der Waals surface area contributed by atoms with Crippen LogP contribution < -0.4 is 14.8 Å². The molecular formula is C23H25N5O7S. The molecule has 1 aliphatic heterocycles. The van der Waals surface area contributed by atoms with Gasteiger partial charge in [0.25, 0.3) is 5.91 Å². The summed E-state index contributed by atoms with van der Waals surface area (Å²) in [7, 11) is -3.51. The Morgan fingerprint density at radius 2 is 2.03 bits per heavy atom. The quantitative estimate of drug-likeness (QED) is 0.387. The van der Waals surface area contributed by atoms with Crippen molar-refractivity contribution in [1.29, 1.82) is 0 Å². The van der Waals surface area contributed by atoms with Crippen LogP contribution in [0.4, 0.5) is 5.82 Å². The highest BCUT2D eigenvalue weighted by Gasteiger charge is 2.19. The van der Waals surface area contributed by atoms with Crippen molar-refractivity contribution in [2.75, 3.05) is 24.7 Å². The van der Waals surface area contributed by atoms with E-state index in [0.29, 0.717) is 24.0 Å². The fourth-order valence-electron chi connectivity index (χ4n) is 3.18. The van der Waals surface area contributed by atoms with Crippen molar-refractivity contribution < 1.29 is 32.5 Å². The van der Waals surface area contributed by atoms with E-state index in [4.69, 9.17) is 14.2 Å². The number of nitrogens with one attached hydrogen (secondary N) is 2. The van der Waals surface area contributed by atoms with Crippen molar-refractivity contribution in [3.8, 4) is 17.4 Å². The molecular weight excluding hydrogens is 490 g/mol. The zero-order chi connectivity index (χ0) is 25.9. The van der Waals surface area contributed by atoms with Gasteiger partial charge in [0, 0.05) is 17.9 Å². The number of anilines is 1. The Hall–Kier alpha value is -3.97. The van der Waals surface area contributed by atoms with Crippen LogP contribution in [0.15, 0.2) is 52.7 Å². The molecule has 0 spiro atoms. The number of aromatic nitrogens is 3. The van der Waals surface area contributed by atoms with E-state index in [1.807, 2.05) is 6.92 Å². The van der Waals surface area contributed by atoms with E-state index >= 15 is 0 Å². The first kappa shape index (κ1) is 25.1. The van der Waals surface area contributed by atoms with Crippen molar-refractivity contribution in [3.63, 3.8) is 0 Å². The molecule has 13 heteroatoms. The smallest absolute Gasteiger partial charge is 0.257 e. The SMILES string of the molecule is C[C@H]1CN=C(c2ccc(NC(=O)c3cc(Oc4cnc(S(C)(=O)=O)cn4)cc(O[C@@H](C)CO)c3)[nH]2)O1. The first-order chi connectivity index (χ1) is 17.1. The minimum Gasteiger partial charge on any atom is -0.488 e. The van der Waals surface area contributed by atoms with Crippen LogP contribution in [0.1, 0.15) is 29.9 Å². The third-order valence-electron chi connectivity index (χ3n) is 4.91. The molecule has 0 saturated carbocycles. The van der Waals surface area contributed by atoms with Gasteiger partial charge in [0.2, 0.25) is 11.8 Å². The average molecular weight is 516 g/mol. The molecule has 1 aliphatic rings. The highest BCUT2D eigenvalue weighted by molar-refractivity contribution is 7.90. The number of H-pyrrole nitrogens is 1. The van der Waals surface area contributed by atoms with Crippen molar-refractivity contribution in [2.45, 2.75) is 31.1 Å². The Kier molecular flexibility index (Phi) is 7.22. The zero-order valence-electron chi connectivity index (χ0n) is 19.8. The van der Waals surface area contributed by atoms with Crippen molar-refractivity contribution in [2.24, 2.45) is 4.99 Å². The molecule has 36 heavy (non-hydrogen) atoms. The van der Waals surface area contributed by atoms with Crippen molar-refractivity contribution in [1.82, 2.24) is 15.0 Å². The summed E-state index contributed by atoms with van der Waals surface area (Å²) >= 11 is 0. The summed E-state index contributed by atoms with van der Waals surface area (Å²) < 4.78 is 40.2. The number of rotatable bonds is 9. The van der Waals surface area contributed by atoms with E-state index in [1.165, 1.54) is 18.2 Å². The van der Waals surface area contributed by atoms with Gasteiger partial charge in [-0.15, -0.1) is 0 Å². The normalized spacial score (nSPS) is 16.1. The van der Waals surface area contributed by atoms with Crippen LogP contribution in [0, 0.1) is 0 Å². The highest BCUT2D eigenvalue weighted by atomic mass is 32.2. The van der Waals surface area contributed by atoms with Gasteiger partial charge in [0.15, 0.2) is 14.9 Å². The maximum absolute atomic E-state index is 13.0. The number of aromatic amines is 1. The molecule has 0 radical (unpaired) electrons. The third kappa shape index (κ3) is 6.17. The monoisotopic (exact) mass is 515 g/mol. The number of aliphatic imine (C=N–C) groups is 1. The lowest BCUT2D eigenvalue weighted by atomic mass is 10.2. The number of ether oxygens (including phenoxy) is 3. The number of carbonyl (C=O) groups excluding carboxylic acids is 1. The third-order valence-corrected chi connectivity index (χ3v) is 5.88. The fourth-order valence-corrected chi connectivity index (χ4v) is 3.67. The maximum Gasteiger partial charge on any atom is 0.257 e.